The molecule has 0 saturated carbocycles. The third-order valence-electron chi connectivity index (χ3n) is 6.52. The molecule has 3 aliphatic heterocycles. The van der Waals surface area contributed by atoms with Crippen LogP contribution in [0.1, 0.15) is 23.1 Å². The SMILES string of the molecule is Cc1ccc(S(=O)(=O)N2CCN(S(=O)(=O)c3cc4c5c(c3)CCN5C(=O)CC4)CC2)cc1. The van der Waals surface area contributed by atoms with Crippen LogP contribution in [0.5, 0.6) is 0 Å². The van der Waals surface area contributed by atoms with Gasteiger partial charge in [0.1, 0.15) is 0 Å². The van der Waals surface area contributed by atoms with Crippen molar-refractivity contribution >= 4 is 31.6 Å². The molecule has 0 bridgehead atoms. The van der Waals surface area contributed by atoms with Crippen molar-refractivity contribution in [1.82, 2.24) is 8.61 Å². The third kappa shape index (κ3) is 3.45. The highest BCUT2D eigenvalue weighted by molar-refractivity contribution is 7.89. The lowest BCUT2D eigenvalue weighted by atomic mass is 10.00. The molecule has 1 saturated heterocycles. The number of hydrogen-bond donors (Lipinski definition) is 0. The maximum Gasteiger partial charge on any atom is 0.243 e. The van der Waals surface area contributed by atoms with Crippen molar-refractivity contribution in [1.29, 1.82) is 0 Å². The Kier molecular flexibility index (Phi) is 5.16. The fourth-order valence-corrected chi connectivity index (χ4v) is 7.68. The van der Waals surface area contributed by atoms with E-state index in [9.17, 15) is 21.6 Å². The van der Waals surface area contributed by atoms with Gasteiger partial charge in [-0.05, 0) is 55.2 Å². The average Bonchev–Trinajstić information content (AvgIpc) is 3.22. The van der Waals surface area contributed by atoms with Crippen molar-refractivity contribution in [2.75, 3.05) is 37.6 Å². The lowest BCUT2D eigenvalue weighted by molar-refractivity contribution is -0.118. The van der Waals surface area contributed by atoms with Crippen LogP contribution in [0.25, 0.3) is 0 Å². The number of hydrogen-bond acceptors (Lipinski definition) is 5. The number of benzene rings is 2. The first-order chi connectivity index (χ1) is 15.2. The monoisotopic (exact) mass is 475 g/mol. The Hall–Kier alpha value is -2.27. The van der Waals surface area contributed by atoms with E-state index in [0.717, 1.165) is 22.4 Å². The fraction of sp³-hybridized carbons (Fsp3) is 0.409. The van der Waals surface area contributed by atoms with Gasteiger partial charge in [0, 0.05) is 39.1 Å². The summed E-state index contributed by atoms with van der Waals surface area (Å²) in [5.74, 6) is 0.0952. The predicted molar refractivity (Wildman–Crippen MR) is 120 cm³/mol. The number of carbonyl (C=O) groups is 1. The number of piperazine rings is 1. The zero-order valence-electron chi connectivity index (χ0n) is 17.8. The first kappa shape index (κ1) is 21.6. The van der Waals surface area contributed by atoms with Gasteiger partial charge in [-0.25, -0.2) is 16.8 Å². The van der Waals surface area contributed by atoms with E-state index in [1.165, 1.54) is 8.61 Å². The molecule has 0 aromatic heterocycles. The second-order valence-corrected chi connectivity index (χ2v) is 12.4. The van der Waals surface area contributed by atoms with Crippen molar-refractivity contribution in [2.24, 2.45) is 0 Å². The zero-order valence-corrected chi connectivity index (χ0v) is 19.5. The number of rotatable bonds is 4. The molecule has 0 unspecified atom stereocenters. The van der Waals surface area contributed by atoms with Gasteiger partial charge in [0.15, 0.2) is 0 Å². The number of anilines is 1. The number of sulfonamides is 2. The highest BCUT2D eigenvalue weighted by Gasteiger charge is 2.37. The molecule has 0 N–H and O–H groups in total. The Morgan fingerprint density at radius 1 is 0.688 bits per heavy atom. The van der Waals surface area contributed by atoms with Crippen LogP contribution in [0.4, 0.5) is 5.69 Å². The first-order valence-corrected chi connectivity index (χ1v) is 13.6. The van der Waals surface area contributed by atoms with Crippen LogP contribution in [0.15, 0.2) is 46.2 Å². The van der Waals surface area contributed by atoms with Crippen LogP contribution in [0.2, 0.25) is 0 Å². The number of amides is 1. The maximum atomic E-state index is 13.4. The summed E-state index contributed by atoms with van der Waals surface area (Å²) < 4.78 is 55.3. The second kappa shape index (κ2) is 7.65. The van der Waals surface area contributed by atoms with E-state index >= 15 is 0 Å². The van der Waals surface area contributed by atoms with E-state index in [-0.39, 0.29) is 41.9 Å². The van der Waals surface area contributed by atoms with Gasteiger partial charge < -0.3 is 4.90 Å². The summed E-state index contributed by atoms with van der Waals surface area (Å²) in [4.78, 5) is 14.3. The van der Waals surface area contributed by atoms with E-state index in [2.05, 4.69) is 0 Å². The van der Waals surface area contributed by atoms with E-state index in [4.69, 9.17) is 0 Å². The van der Waals surface area contributed by atoms with Crippen LogP contribution in [0, 0.1) is 6.92 Å². The second-order valence-electron chi connectivity index (χ2n) is 8.51. The lowest BCUT2D eigenvalue weighted by Gasteiger charge is -2.33. The molecule has 0 aliphatic carbocycles. The van der Waals surface area contributed by atoms with Gasteiger partial charge in [-0.15, -0.1) is 0 Å². The normalized spacial score (nSPS) is 19.9. The van der Waals surface area contributed by atoms with Gasteiger partial charge in [0.05, 0.1) is 15.5 Å². The molecule has 2 aromatic rings. The highest BCUT2D eigenvalue weighted by atomic mass is 32.2. The van der Waals surface area contributed by atoms with Crippen molar-refractivity contribution in [3.63, 3.8) is 0 Å². The van der Waals surface area contributed by atoms with Crippen molar-refractivity contribution < 1.29 is 21.6 Å². The molecule has 0 spiro atoms. The summed E-state index contributed by atoms with van der Waals surface area (Å²) in [5.41, 5.74) is 3.66. The summed E-state index contributed by atoms with van der Waals surface area (Å²) in [6.07, 6.45) is 1.59. The fourth-order valence-electron chi connectivity index (χ4n) is 4.73. The minimum Gasteiger partial charge on any atom is -0.312 e. The first-order valence-electron chi connectivity index (χ1n) is 10.7. The summed E-state index contributed by atoms with van der Waals surface area (Å²) in [6.45, 7) is 2.91. The molecule has 0 atom stereocenters. The van der Waals surface area contributed by atoms with Gasteiger partial charge in [-0.3, -0.25) is 4.79 Å². The molecule has 10 heteroatoms. The molecule has 3 aliphatic rings. The van der Waals surface area contributed by atoms with E-state index in [1.807, 2.05) is 6.92 Å². The summed E-state index contributed by atoms with van der Waals surface area (Å²) >= 11 is 0. The van der Waals surface area contributed by atoms with E-state index in [1.54, 1.807) is 41.3 Å². The summed E-state index contributed by atoms with van der Waals surface area (Å²) in [7, 11) is -7.41. The molecule has 8 nitrogen and oxygen atoms in total. The van der Waals surface area contributed by atoms with Crippen LogP contribution in [-0.4, -0.2) is 64.1 Å². The lowest BCUT2D eigenvalue weighted by Crippen LogP contribution is -2.50. The number of nitrogens with zero attached hydrogens (tertiary/aromatic N) is 3. The van der Waals surface area contributed by atoms with Gasteiger partial charge >= 0.3 is 0 Å². The largest absolute Gasteiger partial charge is 0.312 e. The maximum absolute atomic E-state index is 13.4. The van der Waals surface area contributed by atoms with Gasteiger partial charge in [0.25, 0.3) is 0 Å². The minimum atomic E-state index is -3.75. The predicted octanol–water partition coefficient (Wildman–Crippen LogP) is 1.53. The van der Waals surface area contributed by atoms with Crippen LogP contribution in [-0.2, 0) is 37.7 Å². The molecular formula is C22H25N3O5S2. The van der Waals surface area contributed by atoms with Crippen LogP contribution in [0.3, 0.4) is 0 Å². The summed E-state index contributed by atoms with van der Waals surface area (Å²) in [6, 6.07) is 10.0. The molecule has 32 heavy (non-hydrogen) atoms. The minimum absolute atomic E-state index is 0.0952. The van der Waals surface area contributed by atoms with Gasteiger partial charge in [0.2, 0.25) is 26.0 Å². The molecule has 1 fully saturated rings. The van der Waals surface area contributed by atoms with Gasteiger partial charge in [-0.2, -0.15) is 8.61 Å². The van der Waals surface area contributed by atoms with Crippen molar-refractivity contribution in [3.8, 4) is 0 Å². The number of aryl methyl sites for hydroxylation is 2. The standard InChI is InChI=1S/C22H25N3O5S2/c1-16-2-5-19(6-3-16)31(27,28)23-10-12-24(13-11-23)32(29,30)20-14-17-4-7-21(26)25-9-8-18(15-20)22(17)25/h2-3,5-6,14-15H,4,7-13H2,1H3. The quantitative estimate of drug-likeness (QED) is 0.668. The van der Waals surface area contributed by atoms with Gasteiger partial charge in [-0.1, -0.05) is 17.7 Å². The molecule has 1 amide bonds. The average molecular weight is 476 g/mol. The Morgan fingerprint density at radius 2 is 1.22 bits per heavy atom. The highest BCUT2D eigenvalue weighted by Crippen LogP contribution is 2.39. The molecule has 2 aromatic carbocycles. The van der Waals surface area contributed by atoms with Crippen LogP contribution < -0.4 is 4.90 Å². The van der Waals surface area contributed by atoms with Crippen LogP contribution >= 0.6 is 0 Å². The smallest absolute Gasteiger partial charge is 0.243 e. The van der Waals surface area contributed by atoms with Crippen molar-refractivity contribution in [3.05, 3.63) is 53.1 Å². The Balaban J connectivity index is 1.36. The molecule has 0 radical (unpaired) electrons. The third-order valence-corrected chi connectivity index (χ3v) is 10.3. The Labute approximate surface area is 188 Å². The molecule has 5 rings (SSSR count). The molecule has 3 heterocycles. The Morgan fingerprint density at radius 3 is 1.81 bits per heavy atom. The number of carbonyl (C=O) groups excluding carboxylic acids is 1. The van der Waals surface area contributed by atoms with E-state index in [0.29, 0.717) is 25.8 Å². The van der Waals surface area contributed by atoms with E-state index < -0.39 is 20.0 Å². The summed E-state index contributed by atoms with van der Waals surface area (Å²) in [5, 5.41) is 0. The Bertz CT molecular complexity index is 1300. The molecular weight excluding hydrogens is 450 g/mol. The topological polar surface area (TPSA) is 95.1 Å². The molecule has 170 valence electrons. The zero-order chi connectivity index (χ0) is 22.7. The van der Waals surface area contributed by atoms with Crippen molar-refractivity contribution in [2.45, 2.75) is 36.0 Å².